The van der Waals surface area contributed by atoms with Crippen LogP contribution in [0.5, 0.6) is 0 Å². The van der Waals surface area contributed by atoms with E-state index in [1.807, 2.05) is 63.2 Å². The molecule has 0 aliphatic carbocycles. The minimum atomic E-state index is -0.687. The van der Waals surface area contributed by atoms with E-state index < -0.39 is 6.04 Å². The molecule has 0 spiro atoms. The van der Waals surface area contributed by atoms with E-state index in [1.54, 1.807) is 18.5 Å². The van der Waals surface area contributed by atoms with Gasteiger partial charge in [0.15, 0.2) is 5.01 Å². The Balaban J connectivity index is 1.43. The fraction of sp³-hybridized carbons (Fsp3) is 0.172. The average molecular weight is 571 g/mol. The van der Waals surface area contributed by atoms with Gasteiger partial charge in [0, 0.05) is 39.9 Å². The van der Waals surface area contributed by atoms with Gasteiger partial charge in [0.2, 0.25) is 11.1 Å². The number of amides is 1. The summed E-state index contributed by atoms with van der Waals surface area (Å²) in [5, 5.41) is 19.3. The topological polar surface area (TPSA) is 117 Å². The van der Waals surface area contributed by atoms with E-state index in [1.165, 1.54) is 16.9 Å². The van der Waals surface area contributed by atoms with Crippen LogP contribution in [0.15, 0.2) is 88.2 Å². The van der Waals surface area contributed by atoms with E-state index in [0.717, 1.165) is 16.8 Å². The molecule has 0 bridgehead atoms. The lowest BCUT2D eigenvalue weighted by molar-refractivity contribution is -0.113. The lowest BCUT2D eigenvalue weighted by Crippen LogP contribution is -2.33. The second-order valence-electron chi connectivity index (χ2n) is 9.29. The molecule has 11 heteroatoms. The zero-order chi connectivity index (χ0) is 28.2. The normalized spacial score (nSPS) is 15.4. The third-order valence-corrected chi connectivity index (χ3v) is 7.43. The Morgan fingerprint density at radius 3 is 2.62 bits per heavy atom. The molecule has 202 valence electrons. The first kappa shape index (κ1) is 27.2. The Bertz CT molecular complexity index is 1660. The van der Waals surface area contributed by atoms with Crippen molar-refractivity contribution >= 4 is 51.5 Å². The molecule has 0 fully saturated rings. The number of hydrogen-bond donors (Lipinski definition) is 3. The Morgan fingerprint density at radius 1 is 1.05 bits per heavy atom. The van der Waals surface area contributed by atoms with Gasteiger partial charge in [-0.05, 0) is 57.5 Å². The van der Waals surface area contributed by atoms with Gasteiger partial charge in [-0.25, -0.2) is 9.98 Å². The van der Waals surface area contributed by atoms with Crippen LogP contribution in [0.25, 0.3) is 10.6 Å². The molecule has 2 aromatic carbocycles. The maximum Gasteiger partial charge on any atom is 0.257 e. The van der Waals surface area contributed by atoms with Crippen LogP contribution < -0.4 is 16.0 Å². The van der Waals surface area contributed by atoms with Crippen molar-refractivity contribution in [1.82, 2.24) is 20.5 Å². The fourth-order valence-corrected chi connectivity index (χ4v) is 5.28. The Kier molecular flexibility index (Phi) is 7.99. The van der Waals surface area contributed by atoms with Gasteiger partial charge in [0.1, 0.15) is 11.9 Å². The molecule has 0 saturated heterocycles. The van der Waals surface area contributed by atoms with Crippen molar-refractivity contribution in [2.24, 2.45) is 9.98 Å². The average Bonchev–Trinajstić information content (AvgIpc) is 3.39. The van der Waals surface area contributed by atoms with Crippen LogP contribution >= 0.6 is 22.9 Å². The third kappa shape index (κ3) is 6.08. The van der Waals surface area contributed by atoms with Gasteiger partial charge in [-0.15, -0.1) is 10.2 Å². The van der Waals surface area contributed by atoms with Gasteiger partial charge in [-0.2, -0.15) is 0 Å². The monoisotopic (exact) mass is 570 g/mol. The summed E-state index contributed by atoms with van der Waals surface area (Å²) in [6.45, 7) is 7.78. The van der Waals surface area contributed by atoms with Gasteiger partial charge in [0.25, 0.3) is 5.91 Å². The molecule has 1 unspecified atom stereocenters. The predicted octanol–water partition coefficient (Wildman–Crippen LogP) is 6.31. The number of rotatable bonds is 5. The van der Waals surface area contributed by atoms with E-state index >= 15 is 0 Å². The van der Waals surface area contributed by atoms with Gasteiger partial charge < -0.3 is 10.6 Å². The van der Waals surface area contributed by atoms with Crippen molar-refractivity contribution in [3.8, 4) is 10.6 Å². The molecule has 1 aliphatic heterocycles. The van der Waals surface area contributed by atoms with E-state index in [4.69, 9.17) is 16.6 Å². The van der Waals surface area contributed by atoms with Crippen molar-refractivity contribution < 1.29 is 4.79 Å². The lowest BCUT2D eigenvalue weighted by atomic mass is 9.95. The molecule has 5 rings (SSSR count). The molecule has 3 heterocycles. The van der Waals surface area contributed by atoms with E-state index in [9.17, 15) is 4.79 Å². The van der Waals surface area contributed by atoms with Crippen LogP contribution in [-0.2, 0) is 4.79 Å². The summed E-state index contributed by atoms with van der Waals surface area (Å²) in [6.07, 6.45) is 3.39. The minimum Gasteiger partial charge on any atom is -0.344 e. The molecule has 1 amide bonds. The van der Waals surface area contributed by atoms with E-state index in [-0.39, 0.29) is 5.91 Å². The summed E-state index contributed by atoms with van der Waals surface area (Å²) in [4.78, 5) is 27.2. The number of aliphatic imine (C=N–C) groups is 2. The Labute approximate surface area is 241 Å². The minimum absolute atomic E-state index is 0.360. The SMILES string of the molecule is CC1=C(C(=O)Nc2nnc(-c3cccnc3)s2)C(c2ccccc2Cl)N=C(/N=C(/C)Nc2ccc(C)cc2C)N1. The van der Waals surface area contributed by atoms with Crippen LogP contribution in [0.4, 0.5) is 10.8 Å². The molecule has 9 nitrogen and oxygen atoms in total. The number of nitrogens with zero attached hydrogens (tertiary/aromatic N) is 5. The number of guanidine groups is 1. The first-order chi connectivity index (χ1) is 19.3. The molecule has 1 aliphatic rings. The lowest BCUT2D eigenvalue weighted by Gasteiger charge is -2.25. The van der Waals surface area contributed by atoms with Crippen molar-refractivity contribution in [2.75, 3.05) is 10.6 Å². The second kappa shape index (κ2) is 11.8. The number of amidine groups is 1. The molecule has 1 atom stereocenters. The predicted molar refractivity (Wildman–Crippen MR) is 162 cm³/mol. The second-order valence-corrected chi connectivity index (χ2v) is 10.7. The summed E-state index contributed by atoms with van der Waals surface area (Å²) in [5.41, 5.74) is 5.78. The van der Waals surface area contributed by atoms with Crippen LogP contribution in [0.2, 0.25) is 5.02 Å². The van der Waals surface area contributed by atoms with Crippen LogP contribution in [0.1, 0.15) is 36.6 Å². The highest BCUT2D eigenvalue weighted by molar-refractivity contribution is 7.18. The number of benzene rings is 2. The largest absolute Gasteiger partial charge is 0.344 e. The first-order valence-electron chi connectivity index (χ1n) is 12.5. The van der Waals surface area contributed by atoms with Gasteiger partial charge in [-0.3, -0.25) is 15.1 Å². The highest BCUT2D eigenvalue weighted by atomic mass is 35.5. The van der Waals surface area contributed by atoms with Gasteiger partial charge in [-0.1, -0.05) is 58.8 Å². The molecule has 0 radical (unpaired) electrons. The number of nitrogens with one attached hydrogen (secondary N) is 3. The van der Waals surface area contributed by atoms with Crippen molar-refractivity contribution in [2.45, 2.75) is 33.7 Å². The summed E-state index contributed by atoms with van der Waals surface area (Å²) in [6, 6.07) is 16.5. The molecule has 3 N–H and O–H groups in total. The first-order valence-corrected chi connectivity index (χ1v) is 13.7. The smallest absolute Gasteiger partial charge is 0.257 e. The number of hydrogen-bond acceptors (Lipinski definition) is 8. The number of halogens is 1. The summed E-state index contributed by atoms with van der Waals surface area (Å²) in [7, 11) is 0. The van der Waals surface area contributed by atoms with E-state index in [2.05, 4.69) is 49.1 Å². The summed E-state index contributed by atoms with van der Waals surface area (Å²) in [5.74, 6) is 0.651. The number of carbonyl (C=O) groups excluding carboxylic acids is 1. The number of allylic oxidation sites excluding steroid dienone is 1. The molecule has 4 aromatic rings. The molecular weight excluding hydrogens is 544 g/mol. The number of anilines is 2. The Hall–Kier alpha value is -4.41. The molecule has 2 aromatic heterocycles. The number of aryl methyl sites for hydroxylation is 2. The highest BCUT2D eigenvalue weighted by Gasteiger charge is 2.31. The third-order valence-electron chi connectivity index (χ3n) is 6.20. The van der Waals surface area contributed by atoms with Crippen LogP contribution in [-0.4, -0.2) is 32.9 Å². The highest BCUT2D eigenvalue weighted by Crippen LogP contribution is 2.36. The fourth-order valence-electron chi connectivity index (χ4n) is 4.31. The van der Waals surface area contributed by atoms with Crippen molar-refractivity contribution in [1.29, 1.82) is 0 Å². The van der Waals surface area contributed by atoms with E-state index in [0.29, 0.717) is 43.8 Å². The number of aromatic nitrogens is 3. The maximum atomic E-state index is 13.6. The van der Waals surface area contributed by atoms with Crippen molar-refractivity contribution in [3.05, 3.63) is 100.0 Å². The van der Waals surface area contributed by atoms with Gasteiger partial charge >= 0.3 is 0 Å². The number of pyridine rings is 1. The maximum absolute atomic E-state index is 13.6. The molecular formula is C29H27ClN8OS. The zero-order valence-electron chi connectivity index (χ0n) is 22.4. The number of carbonyl (C=O) groups is 1. The summed E-state index contributed by atoms with van der Waals surface area (Å²) < 4.78 is 0. The molecule has 0 saturated carbocycles. The van der Waals surface area contributed by atoms with Crippen LogP contribution in [0, 0.1) is 13.8 Å². The van der Waals surface area contributed by atoms with Crippen molar-refractivity contribution in [3.63, 3.8) is 0 Å². The summed E-state index contributed by atoms with van der Waals surface area (Å²) >= 11 is 7.84. The van der Waals surface area contributed by atoms with Gasteiger partial charge in [0.05, 0.1) is 5.57 Å². The molecule has 40 heavy (non-hydrogen) atoms. The zero-order valence-corrected chi connectivity index (χ0v) is 23.9. The van der Waals surface area contributed by atoms with Crippen LogP contribution in [0.3, 0.4) is 0 Å². The standard InChI is InChI=1S/C29H27ClN8OS/c1-16-11-12-23(17(2)14-16)33-19(4)34-28-32-18(3)24(25(35-28)21-9-5-6-10-22(21)30)26(39)36-29-38-37-27(40-29)20-8-7-13-31-15-20/h5-15,25H,1-4H3,(H,36,38,39)(H2,32,33,34,35). The quantitative estimate of drug-likeness (QED) is 0.191. The Morgan fingerprint density at radius 2 is 1.88 bits per heavy atom.